The Balaban J connectivity index is 0.00000753. The van der Waals surface area contributed by atoms with Crippen molar-refractivity contribution in [2.75, 3.05) is 0 Å². The molecule has 0 amide bonds. The molecule has 0 unspecified atom stereocenters. The maximum absolute atomic E-state index is 16.0. The van der Waals surface area contributed by atoms with Crippen molar-refractivity contribution in [3.8, 4) is 89.4 Å². The molecule has 0 fully saturated rings. The van der Waals surface area contributed by atoms with Gasteiger partial charge in [-0.25, -0.2) is 4.39 Å². The second-order valence-corrected chi connectivity index (χ2v) is 18.4. The Morgan fingerprint density at radius 2 is 0.908 bits per heavy atom. The molecule has 3 heterocycles. The number of rotatable bonds is 14. The van der Waals surface area contributed by atoms with E-state index >= 15 is 4.39 Å². The maximum atomic E-state index is 16.0. The molecule has 0 radical (unpaired) electrons. The first-order valence-electron chi connectivity index (χ1n) is 27.6. The second-order valence-electron chi connectivity index (χ2n) is 18.4. The molecule has 0 aliphatic heterocycles. The molecule has 0 N–H and O–H groups in total. The Morgan fingerprint density at radius 3 is 1.49 bits per heavy atom. The second kappa shape index (κ2) is 23.0. The smallest absolute Gasteiger partial charge is 0.304 e. The number of nitrogens with zero attached hydrogens (tertiary/aromatic N) is 3. The minimum atomic E-state index is -2.51. The molecule has 370 valence electrons. The first-order chi connectivity index (χ1) is 39.1. The van der Waals surface area contributed by atoms with Gasteiger partial charge in [0.2, 0.25) is 0 Å². The van der Waals surface area contributed by atoms with Crippen LogP contribution in [0.1, 0.15) is 41.6 Å². The van der Waals surface area contributed by atoms with Crippen molar-refractivity contribution in [2.45, 2.75) is 39.4 Å². The van der Waals surface area contributed by atoms with Gasteiger partial charge in [-0.05, 0) is 147 Å². The Hall–Kier alpha value is -8.35. The van der Waals surface area contributed by atoms with E-state index in [2.05, 4.69) is 88.8 Å². The standard InChI is InChI=1S/C69H49F3N3.Ir/c1-45-34-67(53-24-28-60(70)29-25-53)73-42-57(45)18-16-47-36-48(17-19-58-43-74-68(35-46(58)2)54-26-30-61(71)31-27-54)38-59(37-47)64-40-62(72)32-33-63(64)66-44-75-69(52-12-7-4-8-13-52)41-65(66)51-22-20-50(21-23-51)56-15-9-14-55(39-56)49-10-5-3-6-11-49;/h3-12,14-15,20-24,26,28-44H,16-19H2,1-2H3;/q-3;+3/i1D3,2D3;. The summed E-state index contributed by atoms with van der Waals surface area (Å²) in [5, 5.41) is 0. The van der Waals surface area contributed by atoms with Gasteiger partial charge in [-0.15, -0.1) is 95.6 Å². The van der Waals surface area contributed by atoms with Crippen LogP contribution in [0.5, 0.6) is 0 Å². The fraction of sp³-hybridized carbons (Fsp3) is 0.0870. The van der Waals surface area contributed by atoms with Gasteiger partial charge in [0.15, 0.2) is 0 Å². The number of halogens is 3. The summed E-state index contributed by atoms with van der Waals surface area (Å²) in [5.74, 6) is -1.42. The molecule has 11 rings (SSSR count). The van der Waals surface area contributed by atoms with Gasteiger partial charge in [0, 0.05) is 44.0 Å². The summed E-state index contributed by atoms with van der Waals surface area (Å²) in [6.07, 6.45) is 6.12. The summed E-state index contributed by atoms with van der Waals surface area (Å²) in [7, 11) is 0. The number of aryl methyl sites for hydroxylation is 6. The van der Waals surface area contributed by atoms with Crippen LogP contribution in [-0.2, 0) is 45.8 Å². The van der Waals surface area contributed by atoms with Gasteiger partial charge in [-0.3, -0.25) is 8.78 Å². The first kappa shape index (κ1) is 44.0. The van der Waals surface area contributed by atoms with E-state index in [1.807, 2.05) is 72.9 Å². The van der Waals surface area contributed by atoms with Crippen LogP contribution in [0.15, 0.2) is 213 Å². The Labute approximate surface area is 464 Å². The number of pyridine rings is 3. The Bertz CT molecular complexity index is 3920. The molecule has 3 nitrogen and oxygen atoms in total. The average Bonchev–Trinajstić information content (AvgIpc) is 3.58. The largest absolute Gasteiger partial charge is 3.00 e. The van der Waals surface area contributed by atoms with Crippen molar-refractivity contribution >= 4 is 0 Å². The third kappa shape index (κ3) is 11.6. The van der Waals surface area contributed by atoms with Crippen LogP contribution in [0.3, 0.4) is 0 Å². The van der Waals surface area contributed by atoms with Gasteiger partial charge in [0.1, 0.15) is 5.82 Å². The number of benzene rings is 8. The topological polar surface area (TPSA) is 38.7 Å². The molecule has 0 saturated heterocycles. The predicted octanol–water partition coefficient (Wildman–Crippen LogP) is 17.2. The van der Waals surface area contributed by atoms with Gasteiger partial charge in [-0.2, -0.15) is 0 Å². The van der Waals surface area contributed by atoms with Crippen molar-refractivity contribution in [3.05, 3.63) is 282 Å². The third-order valence-electron chi connectivity index (χ3n) is 13.5. The molecular weight excluding hydrogens is 1120 g/mol. The van der Waals surface area contributed by atoms with E-state index in [4.69, 9.17) is 13.2 Å². The minimum Gasteiger partial charge on any atom is -0.304 e. The van der Waals surface area contributed by atoms with Gasteiger partial charge < -0.3 is 15.0 Å². The van der Waals surface area contributed by atoms with Crippen molar-refractivity contribution in [2.24, 2.45) is 0 Å². The van der Waals surface area contributed by atoms with Crippen molar-refractivity contribution < 1.29 is 41.5 Å². The molecule has 3 aromatic heterocycles. The molecule has 0 aliphatic rings. The molecule has 76 heavy (non-hydrogen) atoms. The molecule has 8 aromatic carbocycles. The van der Waals surface area contributed by atoms with E-state index in [9.17, 15) is 8.78 Å². The molecule has 0 atom stereocenters. The van der Waals surface area contributed by atoms with Gasteiger partial charge in [-0.1, -0.05) is 126 Å². The molecule has 0 aliphatic carbocycles. The van der Waals surface area contributed by atoms with Crippen LogP contribution in [0, 0.1) is 49.4 Å². The normalized spacial score (nSPS) is 12.6. The summed E-state index contributed by atoms with van der Waals surface area (Å²) in [6.45, 7) is -5.02. The molecule has 0 bridgehead atoms. The summed E-state index contributed by atoms with van der Waals surface area (Å²) >= 11 is 0. The molecule has 0 saturated carbocycles. The monoisotopic (exact) mass is 1180 g/mol. The van der Waals surface area contributed by atoms with Crippen LogP contribution in [0.4, 0.5) is 13.2 Å². The van der Waals surface area contributed by atoms with E-state index in [0.29, 0.717) is 68.9 Å². The zero-order chi connectivity index (χ0) is 56.3. The van der Waals surface area contributed by atoms with E-state index in [-0.39, 0.29) is 44.1 Å². The van der Waals surface area contributed by atoms with Crippen molar-refractivity contribution in [3.63, 3.8) is 0 Å². The van der Waals surface area contributed by atoms with Gasteiger partial charge >= 0.3 is 20.1 Å². The SMILES string of the molecule is [2H]C([2H])([2H])c1cc(-c2[c-]cc(F)cc2)ncc1CCc1cc(CCc2cnc(-c3[c-]cc(F)cc3)cc2C([2H])([2H])[2H])cc(-c2cc(F)ccc2-c2cnc(-c3[c-]cccc3)cc2-c2ccc(-c3cccc(-c4ccccc4)c3)cc2)c1.[Ir+3]. The zero-order valence-corrected chi connectivity index (χ0v) is 43.2. The fourth-order valence-electron chi connectivity index (χ4n) is 9.51. The summed E-state index contributed by atoms with van der Waals surface area (Å²) in [4.78, 5) is 14.2. The number of hydrogen-bond acceptors (Lipinski definition) is 3. The minimum absolute atomic E-state index is 0. The average molecular weight is 1180 g/mol. The Morgan fingerprint density at radius 1 is 0.382 bits per heavy atom. The summed E-state index contributed by atoms with van der Waals surface area (Å²) in [5.41, 5.74) is 14.7. The van der Waals surface area contributed by atoms with Crippen LogP contribution >= 0.6 is 0 Å². The molecule has 7 heteroatoms. The molecular formula is C69H49F3IrN3. The molecule has 0 spiro atoms. The van der Waals surface area contributed by atoms with Crippen molar-refractivity contribution in [1.82, 2.24) is 15.0 Å². The van der Waals surface area contributed by atoms with Crippen LogP contribution in [-0.4, -0.2) is 15.0 Å². The Kier molecular flexibility index (Phi) is 13.3. The number of aromatic nitrogens is 3. The maximum Gasteiger partial charge on any atom is 3.00 e. The van der Waals surface area contributed by atoms with E-state index in [1.165, 1.54) is 60.7 Å². The zero-order valence-electron chi connectivity index (χ0n) is 46.8. The predicted molar refractivity (Wildman–Crippen MR) is 297 cm³/mol. The van der Waals surface area contributed by atoms with Gasteiger partial charge in [0.25, 0.3) is 0 Å². The number of hydrogen-bond donors (Lipinski definition) is 0. The third-order valence-corrected chi connectivity index (χ3v) is 13.5. The van der Waals surface area contributed by atoms with Crippen LogP contribution < -0.4 is 0 Å². The van der Waals surface area contributed by atoms with Crippen LogP contribution in [0.2, 0.25) is 0 Å². The van der Waals surface area contributed by atoms with Gasteiger partial charge in [0.05, 0.1) is 0 Å². The van der Waals surface area contributed by atoms with E-state index < -0.39 is 31.2 Å². The summed E-state index contributed by atoms with van der Waals surface area (Å²) < 4.78 is 94.9. The quantitative estimate of drug-likeness (QED) is 0.102. The van der Waals surface area contributed by atoms with E-state index in [0.717, 1.165) is 55.6 Å². The fourth-order valence-corrected chi connectivity index (χ4v) is 9.51. The van der Waals surface area contributed by atoms with Crippen molar-refractivity contribution in [1.29, 1.82) is 0 Å². The molecule has 11 aromatic rings. The first-order valence-corrected chi connectivity index (χ1v) is 24.6. The van der Waals surface area contributed by atoms with E-state index in [1.54, 1.807) is 18.5 Å². The van der Waals surface area contributed by atoms with Crippen LogP contribution in [0.25, 0.3) is 89.4 Å². The summed E-state index contributed by atoms with van der Waals surface area (Å²) in [6, 6.07) is 67.3.